The second-order valence-corrected chi connectivity index (χ2v) is 7.50. The zero-order chi connectivity index (χ0) is 19.3. The first-order valence-corrected chi connectivity index (χ1v) is 9.67. The van der Waals surface area contributed by atoms with Crippen molar-refractivity contribution in [1.82, 2.24) is 19.5 Å². The van der Waals surface area contributed by atoms with Gasteiger partial charge in [-0.05, 0) is 42.8 Å². The Balaban J connectivity index is 1.51. The second kappa shape index (κ2) is 6.41. The van der Waals surface area contributed by atoms with E-state index in [0.717, 1.165) is 40.9 Å². The van der Waals surface area contributed by atoms with E-state index in [0.29, 0.717) is 0 Å². The maximum Gasteiger partial charge on any atom is 0.110 e. The highest BCUT2D eigenvalue weighted by atomic mass is 15.1. The molecule has 2 aromatic heterocycles. The quantitative estimate of drug-likeness (QED) is 0.448. The Kier molecular flexibility index (Phi) is 3.86. The van der Waals surface area contributed by atoms with Crippen molar-refractivity contribution in [2.45, 2.75) is 26.7 Å². The molecule has 0 saturated heterocycles. The molecular weight excluding hydrogens is 344 g/mol. The lowest BCUT2D eigenvalue weighted by atomic mass is 10.1. The van der Waals surface area contributed by atoms with Crippen LogP contribution in [0.1, 0.15) is 22.6 Å². The molecule has 0 saturated carbocycles. The van der Waals surface area contributed by atoms with Crippen LogP contribution in [0, 0.1) is 13.8 Å². The first-order valence-electron chi connectivity index (χ1n) is 9.67. The lowest BCUT2D eigenvalue weighted by Gasteiger charge is -2.07. The number of hydrogen-bond acceptors (Lipinski definition) is 3. The van der Waals surface area contributed by atoms with E-state index < -0.39 is 0 Å². The van der Waals surface area contributed by atoms with Crippen molar-refractivity contribution in [2.24, 2.45) is 7.05 Å². The van der Waals surface area contributed by atoms with Crippen molar-refractivity contribution in [3.63, 3.8) is 0 Å². The molecule has 28 heavy (non-hydrogen) atoms. The minimum Gasteiger partial charge on any atom is -0.331 e. The number of aromatic nitrogens is 4. The molecule has 0 aliphatic carbocycles. The van der Waals surface area contributed by atoms with Crippen LogP contribution in [0.3, 0.4) is 0 Å². The third kappa shape index (κ3) is 2.64. The number of imidazole rings is 1. The van der Waals surface area contributed by atoms with Crippen LogP contribution < -0.4 is 0 Å². The van der Waals surface area contributed by atoms with Crippen LogP contribution >= 0.6 is 0 Å². The van der Waals surface area contributed by atoms with Gasteiger partial charge in [0.25, 0.3) is 0 Å². The summed E-state index contributed by atoms with van der Waals surface area (Å²) in [5, 5.41) is 2.49. The zero-order valence-electron chi connectivity index (χ0n) is 16.4. The number of aryl methyl sites for hydroxylation is 5. The van der Waals surface area contributed by atoms with Gasteiger partial charge in [0.2, 0.25) is 0 Å². The fourth-order valence-corrected chi connectivity index (χ4v) is 4.01. The summed E-state index contributed by atoms with van der Waals surface area (Å²) < 4.78 is 2.22. The molecule has 0 spiro atoms. The monoisotopic (exact) mass is 366 g/mol. The molecule has 0 bridgehead atoms. The summed E-state index contributed by atoms with van der Waals surface area (Å²) in [6.45, 7) is 4.18. The Labute approximate surface area is 163 Å². The van der Waals surface area contributed by atoms with Crippen LogP contribution in [0.15, 0.2) is 54.7 Å². The van der Waals surface area contributed by atoms with Gasteiger partial charge >= 0.3 is 0 Å². The number of fused-ring (bicyclic) bond motifs is 4. The number of benzene rings is 3. The van der Waals surface area contributed by atoms with Crippen molar-refractivity contribution in [2.75, 3.05) is 0 Å². The first kappa shape index (κ1) is 16.9. The van der Waals surface area contributed by atoms with Gasteiger partial charge in [0.1, 0.15) is 5.82 Å². The van der Waals surface area contributed by atoms with Crippen molar-refractivity contribution in [3.05, 3.63) is 77.4 Å². The van der Waals surface area contributed by atoms with Gasteiger partial charge in [-0.2, -0.15) is 0 Å². The molecule has 0 aliphatic rings. The second-order valence-electron chi connectivity index (χ2n) is 7.50. The third-order valence-corrected chi connectivity index (χ3v) is 5.61. The average molecular weight is 366 g/mol. The summed E-state index contributed by atoms with van der Waals surface area (Å²) in [5.74, 6) is 1.08. The Morgan fingerprint density at radius 3 is 2.46 bits per heavy atom. The van der Waals surface area contributed by atoms with Gasteiger partial charge in [0.05, 0.1) is 27.8 Å². The lowest BCUT2D eigenvalue weighted by Crippen LogP contribution is -2.03. The Morgan fingerprint density at radius 1 is 0.821 bits per heavy atom. The van der Waals surface area contributed by atoms with Crippen molar-refractivity contribution in [1.29, 1.82) is 0 Å². The highest BCUT2D eigenvalue weighted by Gasteiger charge is 2.12. The van der Waals surface area contributed by atoms with E-state index in [4.69, 9.17) is 9.97 Å². The third-order valence-electron chi connectivity index (χ3n) is 5.61. The molecule has 0 fully saturated rings. The van der Waals surface area contributed by atoms with E-state index >= 15 is 0 Å². The van der Waals surface area contributed by atoms with Gasteiger partial charge in [0, 0.05) is 25.1 Å². The van der Waals surface area contributed by atoms with Gasteiger partial charge in [-0.15, -0.1) is 0 Å². The SMILES string of the molecule is Cc1ccc(C)c2nc(CCc3nc4ccc5ccccc5c4n3C)cnc12. The maximum absolute atomic E-state index is 4.89. The molecule has 5 aromatic rings. The zero-order valence-corrected chi connectivity index (χ0v) is 16.4. The number of nitrogens with zero attached hydrogens (tertiary/aromatic N) is 4. The van der Waals surface area contributed by atoms with Crippen LogP contribution in [0.4, 0.5) is 0 Å². The van der Waals surface area contributed by atoms with Gasteiger partial charge in [-0.3, -0.25) is 4.98 Å². The maximum atomic E-state index is 4.89. The van der Waals surface area contributed by atoms with E-state index in [1.54, 1.807) is 0 Å². The van der Waals surface area contributed by atoms with Crippen molar-refractivity contribution >= 4 is 32.8 Å². The molecule has 0 amide bonds. The molecule has 0 radical (unpaired) electrons. The van der Waals surface area contributed by atoms with Crippen LogP contribution in [0.2, 0.25) is 0 Å². The van der Waals surface area contributed by atoms with Crippen LogP contribution in [-0.4, -0.2) is 19.5 Å². The first-order chi connectivity index (χ1) is 13.6. The van der Waals surface area contributed by atoms with Crippen LogP contribution in [-0.2, 0) is 19.9 Å². The minimum atomic E-state index is 0.825. The van der Waals surface area contributed by atoms with Crippen molar-refractivity contribution in [3.8, 4) is 0 Å². The van der Waals surface area contributed by atoms with Gasteiger partial charge < -0.3 is 4.57 Å². The Morgan fingerprint density at radius 2 is 1.61 bits per heavy atom. The molecule has 0 N–H and O–H groups in total. The van der Waals surface area contributed by atoms with Gasteiger partial charge in [-0.1, -0.05) is 42.5 Å². The predicted molar refractivity (Wildman–Crippen MR) is 115 cm³/mol. The van der Waals surface area contributed by atoms with E-state index in [2.05, 4.69) is 79.0 Å². The molecule has 0 unspecified atom stereocenters. The Hall–Kier alpha value is -3.27. The molecular formula is C24H22N4. The summed E-state index contributed by atoms with van der Waals surface area (Å²) >= 11 is 0. The molecule has 3 aromatic carbocycles. The summed E-state index contributed by atoms with van der Waals surface area (Å²) in [6.07, 6.45) is 3.57. The standard InChI is InChI=1S/C24H22N4/c1-15-8-9-16(2)23-22(15)25-14-18(26-23)11-13-21-27-20-12-10-17-6-4-5-7-19(17)24(20)28(21)3/h4-10,12,14H,11,13H2,1-3H3. The summed E-state index contributed by atoms with van der Waals surface area (Å²) in [7, 11) is 2.11. The molecule has 0 aliphatic heterocycles. The molecule has 0 atom stereocenters. The molecule has 5 rings (SSSR count). The molecule has 138 valence electrons. The minimum absolute atomic E-state index is 0.825. The van der Waals surface area contributed by atoms with Gasteiger partial charge in [-0.25, -0.2) is 9.97 Å². The van der Waals surface area contributed by atoms with Crippen LogP contribution in [0.25, 0.3) is 32.8 Å². The van der Waals surface area contributed by atoms with Gasteiger partial charge in [0.15, 0.2) is 0 Å². The normalized spacial score (nSPS) is 11.7. The molecule has 4 nitrogen and oxygen atoms in total. The van der Waals surface area contributed by atoms with E-state index in [-0.39, 0.29) is 0 Å². The van der Waals surface area contributed by atoms with E-state index in [9.17, 15) is 0 Å². The lowest BCUT2D eigenvalue weighted by molar-refractivity contribution is 0.776. The Bertz CT molecular complexity index is 1350. The van der Waals surface area contributed by atoms with Crippen LogP contribution in [0.5, 0.6) is 0 Å². The summed E-state index contributed by atoms with van der Waals surface area (Å²) in [5.41, 5.74) is 7.60. The van der Waals surface area contributed by atoms with E-state index in [1.165, 1.54) is 27.4 Å². The highest BCUT2D eigenvalue weighted by molar-refractivity contribution is 6.04. The largest absolute Gasteiger partial charge is 0.331 e. The smallest absolute Gasteiger partial charge is 0.110 e. The molecule has 4 heteroatoms. The summed E-state index contributed by atoms with van der Waals surface area (Å²) in [4.78, 5) is 14.4. The highest BCUT2D eigenvalue weighted by Crippen LogP contribution is 2.26. The average Bonchev–Trinajstić information content (AvgIpc) is 3.05. The topological polar surface area (TPSA) is 43.6 Å². The van der Waals surface area contributed by atoms with Crippen molar-refractivity contribution < 1.29 is 0 Å². The van der Waals surface area contributed by atoms with E-state index in [1.807, 2.05) is 6.20 Å². The summed E-state index contributed by atoms with van der Waals surface area (Å²) in [6, 6.07) is 17.0. The fourth-order valence-electron chi connectivity index (χ4n) is 4.01. The molecule has 2 heterocycles. The number of hydrogen-bond donors (Lipinski definition) is 0. The fraction of sp³-hybridized carbons (Fsp3) is 0.208. The number of rotatable bonds is 3. The predicted octanol–water partition coefficient (Wildman–Crippen LogP) is 5.07.